The number of nitrogens with one attached hydrogen (secondary N) is 3. The highest BCUT2D eigenvalue weighted by molar-refractivity contribution is 7.89. The molecule has 0 radical (unpaired) electrons. The lowest BCUT2D eigenvalue weighted by Crippen LogP contribution is -2.46. The number of amides is 1. The van der Waals surface area contributed by atoms with E-state index in [4.69, 9.17) is 10.5 Å². The fraction of sp³-hybridized carbons (Fsp3) is 0.273. The van der Waals surface area contributed by atoms with Crippen LogP contribution in [-0.2, 0) is 14.8 Å². The first kappa shape index (κ1) is 23.3. The number of hydrogen-bond acceptors (Lipinski definition) is 6. The highest BCUT2D eigenvalue weighted by atomic mass is 32.2. The molecule has 2 aromatic carbocycles. The Balaban J connectivity index is 1.77. The van der Waals surface area contributed by atoms with Gasteiger partial charge in [-0.3, -0.25) is 14.6 Å². The van der Waals surface area contributed by atoms with Crippen molar-refractivity contribution in [3.63, 3.8) is 0 Å². The highest BCUT2D eigenvalue weighted by Crippen LogP contribution is 2.24. The van der Waals surface area contributed by atoms with Crippen LogP contribution in [0.3, 0.4) is 0 Å². The maximum atomic E-state index is 13.0. The van der Waals surface area contributed by atoms with Crippen molar-refractivity contribution in [1.29, 1.82) is 5.41 Å². The van der Waals surface area contributed by atoms with E-state index in [-0.39, 0.29) is 10.8 Å². The van der Waals surface area contributed by atoms with E-state index in [1.54, 1.807) is 36.4 Å². The zero-order valence-corrected chi connectivity index (χ0v) is 18.0. The van der Waals surface area contributed by atoms with E-state index in [0.29, 0.717) is 36.2 Å². The molecule has 1 amide bonds. The van der Waals surface area contributed by atoms with E-state index in [1.165, 1.54) is 18.2 Å². The maximum absolute atomic E-state index is 13.0. The van der Waals surface area contributed by atoms with Gasteiger partial charge in [0, 0.05) is 35.1 Å². The summed E-state index contributed by atoms with van der Waals surface area (Å²) in [5.41, 5.74) is 1.28. The first-order valence-electron chi connectivity index (χ1n) is 10.0. The molecule has 0 aromatic heterocycles. The summed E-state index contributed by atoms with van der Waals surface area (Å²) in [6.45, 7) is -0.414. The van der Waals surface area contributed by atoms with Crippen LogP contribution in [0.15, 0.2) is 64.5 Å². The van der Waals surface area contributed by atoms with Crippen LogP contribution in [0.2, 0.25) is 0 Å². The molecule has 1 fully saturated rings. The van der Waals surface area contributed by atoms with Crippen LogP contribution < -0.4 is 10.0 Å². The van der Waals surface area contributed by atoms with Gasteiger partial charge in [0.15, 0.2) is 0 Å². The fourth-order valence-corrected chi connectivity index (χ4v) is 4.92. The van der Waals surface area contributed by atoms with Crippen molar-refractivity contribution >= 4 is 39.5 Å². The Kier molecular flexibility index (Phi) is 7.49. The van der Waals surface area contributed by atoms with Gasteiger partial charge in [-0.1, -0.05) is 24.3 Å². The summed E-state index contributed by atoms with van der Waals surface area (Å²) in [6.07, 6.45) is 2.75. The van der Waals surface area contributed by atoms with Crippen LogP contribution >= 0.6 is 0 Å². The number of benzene rings is 2. The van der Waals surface area contributed by atoms with Crippen molar-refractivity contribution < 1.29 is 23.1 Å². The van der Waals surface area contributed by atoms with Crippen LogP contribution in [0, 0.1) is 11.3 Å². The van der Waals surface area contributed by atoms with E-state index in [0.717, 1.165) is 6.21 Å². The molecule has 1 saturated carbocycles. The molecule has 1 aliphatic rings. The number of carbonyl (C=O) groups is 2. The van der Waals surface area contributed by atoms with Gasteiger partial charge in [-0.25, -0.2) is 13.1 Å². The second kappa shape index (κ2) is 10.3. The normalized spacial score (nSPS) is 19.9. The molecule has 9 nitrogen and oxygen atoms in total. The first-order chi connectivity index (χ1) is 15.3. The number of carboxylic acids is 1. The minimum Gasteiger partial charge on any atom is -0.480 e. The number of rotatable bonds is 8. The average Bonchev–Trinajstić information content (AvgIpc) is 2.78. The average molecular weight is 457 g/mol. The lowest BCUT2D eigenvalue weighted by atomic mass is 9.84. The molecule has 0 bridgehead atoms. The van der Waals surface area contributed by atoms with Crippen LogP contribution in [0.5, 0.6) is 0 Å². The number of anilines is 1. The van der Waals surface area contributed by atoms with E-state index in [1.807, 2.05) is 0 Å². The smallest absolute Gasteiger partial charge is 0.325 e. The molecule has 32 heavy (non-hydrogen) atoms. The van der Waals surface area contributed by atoms with Gasteiger partial charge in [0.2, 0.25) is 10.0 Å². The molecule has 2 aromatic rings. The van der Waals surface area contributed by atoms with Crippen molar-refractivity contribution in [2.75, 3.05) is 11.9 Å². The summed E-state index contributed by atoms with van der Waals surface area (Å²) in [4.78, 5) is 27.2. The zero-order chi connectivity index (χ0) is 23.1. The molecular weight excluding hydrogens is 432 g/mol. The zero-order valence-electron chi connectivity index (χ0n) is 17.2. The molecule has 0 saturated heterocycles. The third kappa shape index (κ3) is 5.86. The Hall–Kier alpha value is -3.37. The van der Waals surface area contributed by atoms with Gasteiger partial charge in [-0.15, -0.1) is 0 Å². The number of sulfonamides is 1. The van der Waals surface area contributed by atoms with Gasteiger partial charge < -0.3 is 15.8 Å². The number of aliphatic imine (C=N–C) groups is 1. The summed E-state index contributed by atoms with van der Waals surface area (Å²) >= 11 is 0. The second-order valence-corrected chi connectivity index (χ2v) is 9.08. The van der Waals surface area contributed by atoms with Crippen molar-refractivity contribution in [3.8, 4) is 0 Å². The third-order valence-electron chi connectivity index (χ3n) is 5.11. The summed E-state index contributed by atoms with van der Waals surface area (Å²) < 4.78 is 28.6. The van der Waals surface area contributed by atoms with Crippen molar-refractivity contribution in [2.45, 2.75) is 30.2 Å². The van der Waals surface area contributed by atoms with Gasteiger partial charge in [0.25, 0.3) is 5.91 Å². The van der Waals surface area contributed by atoms with Crippen molar-refractivity contribution in [2.24, 2.45) is 10.9 Å². The molecule has 2 atom stereocenters. The summed E-state index contributed by atoms with van der Waals surface area (Å²) in [5.74, 6) is -2.05. The Bertz CT molecular complexity index is 1130. The monoisotopic (exact) mass is 456 g/mol. The largest absolute Gasteiger partial charge is 0.480 e. The minimum atomic E-state index is -3.96. The topological polar surface area (TPSA) is 149 Å². The maximum Gasteiger partial charge on any atom is 0.325 e. The van der Waals surface area contributed by atoms with Crippen molar-refractivity contribution in [3.05, 3.63) is 60.2 Å². The number of nitrogens with zero attached hydrogens (tertiary/aromatic N) is 1. The van der Waals surface area contributed by atoms with E-state index >= 15 is 0 Å². The minimum absolute atomic E-state index is 0.0262. The number of carboxylic acid groups (broad SMARTS) is 1. The molecule has 0 heterocycles. The van der Waals surface area contributed by atoms with Gasteiger partial charge in [-0.2, -0.15) is 0 Å². The van der Waals surface area contributed by atoms with Gasteiger partial charge in [0.05, 0.1) is 4.90 Å². The fourth-order valence-electron chi connectivity index (χ4n) is 3.58. The summed E-state index contributed by atoms with van der Waals surface area (Å²) in [5, 5.41) is 19.3. The summed E-state index contributed by atoms with van der Waals surface area (Å²) in [7, 11) is -3.96. The quantitative estimate of drug-likeness (QED) is 0.451. The van der Waals surface area contributed by atoms with Gasteiger partial charge >= 0.3 is 5.97 Å². The standard InChI is InChI=1S/C22H24N4O5S/c23-13-18-19(24-14-21(27)28)10-5-11-20(18)26-32(30,31)17-9-4-8-16(12-17)25-22(29)15-6-2-1-3-7-15/h1-4,6-9,12-13,18,20,23,26H,5,10-11,14H2,(H,25,29)(H,27,28). The predicted octanol–water partition coefficient (Wildman–Crippen LogP) is 2.56. The highest BCUT2D eigenvalue weighted by Gasteiger charge is 2.32. The van der Waals surface area contributed by atoms with Crippen LogP contribution in [0.4, 0.5) is 5.69 Å². The lowest BCUT2D eigenvalue weighted by Gasteiger charge is -2.30. The van der Waals surface area contributed by atoms with E-state index in [2.05, 4.69) is 15.0 Å². The molecule has 0 aliphatic heterocycles. The second-order valence-electron chi connectivity index (χ2n) is 7.36. The molecule has 0 spiro atoms. The van der Waals surface area contributed by atoms with E-state index in [9.17, 15) is 18.0 Å². The number of hydrogen-bond donors (Lipinski definition) is 4. The predicted molar refractivity (Wildman–Crippen MR) is 121 cm³/mol. The lowest BCUT2D eigenvalue weighted by molar-refractivity contribution is -0.135. The number of aliphatic carboxylic acids is 1. The van der Waals surface area contributed by atoms with Crippen molar-refractivity contribution in [1.82, 2.24) is 4.72 Å². The Morgan fingerprint density at radius 3 is 2.59 bits per heavy atom. The van der Waals surface area contributed by atoms with Crippen LogP contribution in [0.1, 0.15) is 29.6 Å². The molecule has 1 aliphatic carbocycles. The first-order valence-corrected chi connectivity index (χ1v) is 11.5. The van der Waals surface area contributed by atoms with Crippen LogP contribution in [-0.4, -0.2) is 49.9 Å². The van der Waals surface area contributed by atoms with Gasteiger partial charge in [-0.05, 0) is 49.6 Å². The van der Waals surface area contributed by atoms with Crippen LogP contribution in [0.25, 0.3) is 0 Å². The molecule has 3 rings (SSSR count). The Morgan fingerprint density at radius 2 is 1.91 bits per heavy atom. The van der Waals surface area contributed by atoms with Gasteiger partial charge in [0.1, 0.15) is 6.54 Å². The molecule has 10 heteroatoms. The molecule has 2 unspecified atom stereocenters. The Morgan fingerprint density at radius 1 is 1.16 bits per heavy atom. The van der Waals surface area contributed by atoms with E-state index < -0.39 is 34.5 Å². The number of carbonyl (C=O) groups excluding carboxylic acids is 1. The third-order valence-corrected chi connectivity index (χ3v) is 6.60. The molecule has 168 valence electrons. The SMILES string of the molecule is N=CC1C(=NCC(=O)O)CCCC1NS(=O)(=O)c1cccc(NC(=O)c2ccccc2)c1. The molecular formula is C22H24N4O5S. The summed E-state index contributed by atoms with van der Waals surface area (Å²) in [6, 6.07) is 13.9. The Labute approximate surface area is 186 Å². The molecule has 4 N–H and O–H groups in total.